The molecule has 100 valence electrons. The summed E-state index contributed by atoms with van der Waals surface area (Å²) in [5.74, 6) is -1.09. The Bertz CT molecular complexity index is 627. The largest absolute Gasteiger partial charge is 0.464 e. The van der Waals surface area contributed by atoms with Crippen LogP contribution in [0.4, 0.5) is 10.1 Å². The van der Waals surface area contributed by atoms with E-state index in [2.05, 4.69) is 9.84 Å². The highest BCUT2D eigenvalue weighted by atomic mass is 35.5. The van der Waals surface area contributed by atoms with E-state index in [1.165, 1.54) is 30.1 Å². The molecular formula is C12H11ClFN3O2. The molecule has 1 aromatic heterocycles. The van der Waals surface area contributed by atoms with Gasteiger partial charge in [0.15, 0.2) is 5.69 Å². The quantitative estimate of drug-likeness (QED) is 0.876. The fourth-order valence-corrected chi connectivity index (χ4v) is 1.80. The average molecular weight is 284 g/mol. The van der Waals surface area contributed by atoms with Gasteiger partial charge in [-0.1, -0.05) is 17.7 Å². The summed E-state index contributed by atoms with van der Waals surface area (Å²) in [4.78, 5) is 11.4. The van der Waals surface area contributed by atoms with E-state index in [0.717, 1.165) is 5.56 Å². The van der Waals surface area contributed by atoms with E-state index in [4.69, 9.17) is 17.3 Å². The molecular weight excluding hydrogens is 273 g/mol. The number of nitrogens with two attached hydrogens (primary N) is 1. The highest BCUT2D eigenvalue weighted by Gasteiger charge is 2.15. The summed E-state index contributed by atoms with van der Waals surface area (Å²) >= 11 is 5.69. The molecule has 0 bridgehead atoms. The first-order valence-corrected chi connectivity index (χ1v) is 5.74. The molecule has 1 aromatic carbocycles. The lowest BCUT2D eigenvalue weighted by atomic mass is 10.2. The number of esters is 1. The summed E-state index contributed by atoms with van der Waals surface area (Å²) in [6.07, 6.45) is 1.50. The van der Waals surface area contributed by atoms with Crippen molar-refractivity contribution >= 4 is 23.3 Å². The fourth-order valence-electron chi connectivity index (χ4n) is 1.60. The molecule has 2 N–H and O–H groups in total. The fraction of sp³-hybridized carbons (Fsp3) is 0.167. The second-order valence-electron chi connectivity index (χ2n) is 3.87. The first-order valence-electron chi connectivity index (χ1n) is 5.36. The Kier molecular flexibility index (Phi) is 3.71. The molecule has 0 saturated carbocycles. The number of hydrogen-bond acceptors (Lipinski definition) is 4. The first kappa shape index (κ1) is 13.4. The molecule has 0 amide bonds. The van der Waals surface area contributed by atoms with Crippen molar-refractivity contribution < 1.29 is 13.9 Å². The number of nitrogens with zero attached hydrogens (tertiary/aromatic N) is 2. The molecule has 0 unspecified atom stereocenters. The van der Waals surface area contributed by atoms with Crippen LogP contribution in [0.5, 0.6) is 0 Å². The van der Waals surface area contributed by atoms with Crippen LogP contribution in [0, 0.1) is 5.82 Å². The number of benzene rings is 1. The molecule has 0 saturated heterocycles. The van der Waals surface area contributed by atoms with Crippen LogP contribution < -0.4 is 5.73 Å². The van der Waals surface area contributed by atoms with Gasteiger partial charge in [0, 0.05) is 6.20 Å². The predicted octanol–water partition coefficient (Wildman–Crippen LogP) is 2.09. The molecule has 0 fully saturated rings. The van der Waals surface area contributed by atoms with E-state index in [9.17, 15) is 9.18 Å². The van der Waals surface area contributed by atoms with E-state index < -0.39 is 11.8 Å². The summed E-state index contributed by atoms with van der Waals surface area (Å²) in [6.45, 7) is 0.321. The number of carbonyl (C=O) groups excluding carboxylic acids is 1. The van der Waals surface area contributed by atoms with Gasteiger partial charge in [-0.15, -0.1) is 0 Å². The molecule has 19 heavy (non-hydrogen) atoms. The van der Waals surface area contributed by atoms with E-state index in [1.807, 2.05) is 0 Å². The Hall–Kier alpha value is -2.08. The van der Waals surface area contributed by atoms with Crippen molar-refractivity contribution in [2.24, 2.45) is 0 Å². The monoisotopic (exact) mass is 283 g/mol. The minimum absolute atomic E-state index is 0.0332. The van der Waals surface area contributed by atoms with Crippen molar-refractivity contribution in [1.82, 2.24) is 9.78 Å². The third-order valence-corrected chi connectivity index (χ3v) is 2.79. The molecule has 0 aliphatic carbocycles. The number of hydrogen-bond donors (Lipinski definition) is 1. The molecule has 0 aliphatic rings. The molecule has 0 radical (unpaired) electrons. The van der Waals surface area contributed by atoms with E-state index >= 15 is 0 Å². The van der Waals surface area contributed by atoms with Gasteiger partial charge in [0.25, 0.3) is 0 Å². The lowest BCUT2D eigenvalue weighted by Gasteiger charge is -2.03. The third-order valence-electron chi connectivity index (χ3n) is 2.50. The lowest BCUT2D eigenvalue weighted by Crippen LogP contribution is -2.07. The number of ether oxygens (including phenoxy) is 1. The van der Waals surface area contributed by atoms with Crippen LogP contribution in [0.2, 0.25) is 5.02 Å². The Morgan fingerprint density at radius 2 is 2.32 bits per heavy atom. The van der Waals surface area contributed by atoms with Crippen LogP contribution in [0.25, 0.3) is 0 Å². The maximum atomic E-state index is 13.0. The number of halogens is 2. The number of methoxy groups -OCH3 is 1. The maximum absolute atomic E-state index is 13.0. The minimum Gasteiger partial charge on any atom is -0.464 e. The second kappa shape index (κ2) is 5.27. The minimum atomic E-state index is -0.603. The number of rotatable bonds is 3. The van der Waals surface area contributed by atoms with Crippen molar-refractivity contribution in [3.8, 4) is 0 Å². The Morgan fingerprint density at radius 1 is 1.58 bits per heavy atom. The number of aromatic nitrogens is 2. The SMILES string of the molecule is COC(=O)c1nn(Cc2ccc(F)c(Cl)c2)cc1N. The summed E-state index contributed by atoms with van der Waals surface area (Å²) in [5.41, 5.74) is 6.67. The van der Waals surface area contributed by atoms with Crippen LogP contribution in [0.15, 0.2) is 24.4 Å². The highest BCUT2D eigenvalue weighted by molar-refractivity contribution is 6.30. The molecule has 0 atom stereocenters. The highest BCUT2D eigenvalue weighted by Crippen LogP contribution is 2.17. The zero-order chi connectivity index (χ0) is 14.0. The predicted molar refractivity (Wildman–Crippen MR) is 68.5 cm³/mol. The summed E-state index contributed by atoms with van der Waals surface area (Å²) in [6, 6.07) is 4.34. The summed E-state index contributed by atoms with van der Waals surface area (Å²) in [5, 5.41) is 4.04. The van der Waals surface area contributed by atoms with Crippen molar-refractivity contribution in [2.75, 3.05) is 12.8 Å². The van der Waals surface area contributed by atoms with Gasteiger partial charge in [0.1, 0.15) is 5.82 Å². The van der Waals surface area contributed by atoms with E-state index in [0.29, 0.717) is 6.54 Å². The first-order chi connectivity index (χ1) is 9.01. The van der Waals surface area contributed by atoms with Crippen LogP contribution in [-0.4, -0.2) is 22.9 Å². The van der Waals surface area contributed by atoms with Gasteiger partial charge >= 0.3 is 5.97 Å². The standard InChI is InChI=1S/C12H11ClFN3O2/c1-19-12(18)11-10(15)6-17(16-11)5-7-2-3-9(14)8(13)4-7/h2-4,6H,5,15H2,1H3. The molecule has 2 rings (SSSR count). The number of carbonyl (C=O) groups is 1. The van der Waals surface area contributed by atoms with E-state index in [-0.39, 0.29) is 16.4 Å². The van der Waals surface area contributed by atoms with Crippen LogP contribution in [0.3, 0.4) is 0 Å². The average Bonchev–Trinajstić information content (AvgIpc) is 2.74. The van der Waals surface area contributed by atoms with Gasteiger partial charge < -0.3 is 10.5 Å². The van der Waals surface area contributed by atoms with Gasteiger partial charge in [-0.2, -0.15) is 5.10 Å². The maximum Gasteiger partial charge on any atom is 0.360 e. The van der Waals surface area contributed by atoms with Gasteiger partial charge in [-0.05, 0) is 17.7 Å². The van der Waals surface area contributed by atoms with Gasteiger partial charge in [0.2, 0.25) is 0 Å². The lowest BCUT2D eigenvalue weighted by molar-refractivity contribution is 0.0594. The summed E-state index contributed by atoms with van der Waals surface area (Å²) in [7, 11) is 1.25. The molecule has 0 spiro atoms. The van der Waals surface area contributed by atoms with Crippen molar-refractivity contribution in [3.63, 3.8) is 0 Å². The van der Waals surface area contributed by atoms with Crippen LogP contribution in [-0.2, 0) is 11.3 Å². The summed E-state index contributed by atoms with van der Waals surface area (Å²) < 4.78 is 19.0. The Balaban J connectivity index is 2.24. The van der Waals surface area contributed by atoms with Crippen molar-refractivity contribution in [1.29, 1.82) is 0 Å². The molecule has 5 nitrogen and oxygen atoms in total. The molecule has 0 aliphatic heterocycles. The van der Waals surface area contributed by atoms with Crippen LogP contribution in [0.1, 0.15) is 16.1 Å². The molecule has 1 heterocycles. The van der Waals surface area contributed by atoms with Gasteiger partial charge in [0.05, 0.1) is 24.4 Å². The van der Waals surface area contributed by atoms with Gasteiger partial charge in [-0.3, -0.25) is 4.68 Å². The third kappa shape index (κ3) is 2.85. The Labute approximate surface area is 113 Å². The van der Waals surface area contributed by atoms with Crippen LogP contribution >= 0.6 is 11.6 Å². The zero-order valence-corrected chi connectivity index (χ0v) is 10.8. The number of nitrogen functional groups attached to an aromatic ring is 1. The van der Waals surface area contributed by atoms with Gasteiger partial charge in [-0.25, -0.2) is 9.18 Å². The van der Waals surface area contributed by atoms with Crippen molar-refractivity contribution in [2.45, 2.75) is 6.54 Å². The zero-order valence-electron chi connectivity index (χ0n) is 10.1. The smallest absolute Gasteiger partial charge is 0.360 e. The topological polar surface area (TPSA) is 70.1 Å². The molecule has 7 heteroatoms. The normalized spacial score (nSPS) is 10.5. The number of anilines is 1. The Morgan fingerprint density at radius 3 is 2.95 bits per heavy atom. The van der Waals surface area contributed by atoms with E-state index in [1.54, 1.807) is 6.07 Å². The second-order valence-corrected chi connectivity index (χ2v) is 4.28. The molecule has 2 aromatic rings. The van der Waals surface area contributed by atoms with Crippen molar-refractivity contribution in [3.05, 3.63) is 46.5 Å².